The molecule has 0 aliphatic rings. The average molecular weight is 333 g/mol. The first kappa shape index (κ1) is 16.3. The number of para-hydroxylation sites is 1. The molecule has 2 aromatic carbocycles. The van der Waals surface area contributed by atoms with Gasteiger partial charge >= 0.3 is 0 Å². The number of ether oxygens (including phenoxy) is 1. The molecule has 0 fully saturated rings. The van der Waals surface area contributed by atoms with Gasteiger partial charge in [0.1, 0.15) is 11.6 Å². The molecule has 3 rings (SSSR count). The minimum absolute atomic E-state index is 0.187. The number of hydrogen-bond donors (Lipinski definition) is 0. The van der Waals surface area contributed by atoms with Crippen molar-refractivity contribution in [1.82, 2.24) is 9.78 Å². The number of carbonyl (C=O) groups is 1. The second-order valence-corrected chi connectivity index (χ2v) is 5.26. The molecule has 124 valence electrons. The molecule has 0 aliphatic heterocycles. The predicted octanol–water partition coefficient (Wildman–Crippen LogP) is 4.23. The summed E-state index contributed by atoms with van der Waals surface area (Å²) < 4.78 is 6.63. The highest BCUT2D eigenvalue weighted by molar-refractivity contribution is 5.84. The smallest absolute Gasteiger partial charge is 0.154 e. The maximum atomic E-state index is 11.6. The molecular formula is C18H15N5O2. The van der Waals surface area contributed by atoms with E-state index in [1.54, 1.807) is 7.11 Å². The Morgan fingerprint density at radius 2 is 1.92 bits per heavy atom. The minimum Gasteiger partial charge on any atom is -0.497 e. The molecule has 0 atom stereocenters. The molecule has 1 heterocycles. The Morgan fingerprint density at radius 3 is 2.52 bits per heavy atom. The molecule has 0 amide bonds. The van der Waals surface area contributed by atoms with Gasteiger partial charge < -0.3 is 4.74 Å². The van der Waals surface area contributed by atoms with Gasteiger partial charge in [-0.3, -0.25) is 4.79 Å². The van der Waals surface area contributed by atoms with Crippen LogP contribution in [0.3, 0.4) is 0 Å². The van der Waals surface area contributed by atoms with Crippen molar-refractivity contribution in [1.29, 1.82) is 0 Å². The molecule has 1 aromatic heterocycles. The van der Waals surface area contributed by atoms with Crippen molar-refractivity contribution < 1.29 is 9.53 Å². The van der Waals surface area contributed by atoms with Crippen molar-refractivity contribution in [3.63, 3.8) is 0 Å². The lowest BCUT2D eigenvalue weighted by atomic mass is 10.1. The molecule has 0 saturated heterocycles. The second kappa shape index (κ2) is 7.33. The van der Waals surface area contributed by atoms with E-state index in [1.165, 1.54) is 4.68 Å². The second-order valence-electron chi connectivity index (χ2n) is 5.26. The third kappa shape index (κ3) is 3.36. The lowest BCUT2D eigenvalue weighted by Crippen LogP contribution is -1.97. The number of azide groups is 1. The van der Waals surface area contributed by atoms with Gasteiger partial charge in [0.15, 0.2) is 6.29 Å². The summed E-state index contributed by atoms with van der Waals surface area (Å²) in [6.07, 6.45) is 1.11. The van der Waals surface area contributed by atoms with Gasteiger partial charge in [0.25, 0.3) is 0 Å². The van der Waals surface area contributed by atoms with Crippen LogP contribution in [0.5, 0.6) is 5.75 Å². The number of hydrogen-bond acceptors (Lipinski definition) is 4. The Kier molecular flexibility index (Phi) is 4.78. The molecule has 0 aliphatic carbocycles. The van der Waals surface area contributed by atoms with Gasteiger partial charge in [-0.15, -0.1) is 0 Å². The van der Waals surface area contributed by atoms with Gasteiger partial charge in [-0.05, 0) is 40.5 Å². The fraction of sp³-hybridized carbons (Fsp3) is 0.111. The Morgan fingerprint density at radius 1 is 1.20 bits per heavy atom. The molecule has 0 unspecified atom stereocenters. The van der Waals surface area contributed by atoms with Gasteiger partial charge in [0.05, 0.1) is 24.1 Å². The van der Waals surface area contributed by atoms with Crippen LogP contribution in [0.25, 0.3) is 16.1 Å². The van der Waals surface area contributed by atoms with E-state index in [9.17, 15) is 4.79 Å². The fourth-order valence-corrected chi connectivity index (χ4v) is 2.54. The van der Waals surface area contributed by atoms with Crippen LogP contribution in [0.1, 0.15) is 21.6 Å². The van der Waals surface area contributed by atoms with Crippen LogP contribution in [0, 0.1) is 0 Å². The van der Waals surface area contributed by atoms with Crippen molar-refractivity contribution in [3.05, 3.63) is 81.9 Å². The monoisotopic (exact) mass is 333 g/mol. The summed E-state index contributed by atoms with van der Waals surface area (Å²) in [6, 6.07) is 16.7. The normalized spacial score (nSPS) is 10.1. The first-order valence-electron chi connectivity index (χ1n) is 7.57. The zero-order valence-corrected chi connectivity index (χ0v) is 13.5. The van der Waals surface area contributed by atoms with Crippen LogP contribution < -0.4 is 4.74 Å². The molecule has 0 radical (unpaired) electrons. The standard InChI is InChI=1S/C18H15N5O2/c1-25-15-9-7-13(8-10-15)11-17-16(12-24)18(20-22-19)23(21-17)14-5-3-2-4-6-14/h2-10,12H,11H2,1H3. The van der Waals surface area contributed by atoms with E-state index in [0.717, 1.165) is 11.3 Å². The molecule has 7 nitrogen and oxygen atoms in total. The topological polar surface area (TPSA) is 92.9 Å². The van der Waals surface area contributed by atoms with E-state index in [-0.39, 0.29) is 11.4 Å². The largest absolute Gasteiger partial charge is 0.497 e. The van der Waals surface area contributed by atoms with E-state index < -0.39 is 0 Å². The van der Waals surface area contributed by atoms with Gasteiger partial charge in [-0.2, -0.15) is 5.10 Å². The zero-order valence-electron chi connectivity index (χ0n) is 13.5. The van der Waals surface area contributed by atoms with Crippen molar-refractivity contribution in [3.8, 4) is 11.4 Å². The molecule has 0 spiro atoms. The molecular weight excluding hydrogens is 318 g/mol. The van der Waals surface area contributed by atoms with E-state index in [2.05, 4.69) is 15.1 Å². The molecule has 0 saturated carbocycles. The predicted molar refractivity (Wildman–Crippen MR) is 93.6 cm³/mol. The maximum Gasteiger partial charge on any atom is 0.154 e. The van der Waals surface area contributed by atoms with Crippen LogP contribution in [0.2, 0.25) is 0 Å². The van der Waals surface area contributed by atoms with Crippen molar-refractivity contribution in [2.24, 2.45) is 5.11 Å². The average Bonchev–Trinajstić information content (AvgIpc) is 3.00. The van der Waals surface area contributed by atoms with Crippen LogP contribution in [-0.2, 0) is 6.42 Å². The minimum atomic E-state index is 0.187. The molecule has 7 heteroatoms. The third-order valence-corrected chi connectivity index (χ3v) is 3.76. The molecule has 0 bridgehead atoms. The van der Waals surface area contributed by atoms with Gasteiger partial charge in [-0.1, -0.05) is 30.3 Å². The van der Waals surface area contributed by atoms with Crippen LogP contribution in [0.15, 0.2) is 59.7 Å². The SMILES string of the molecule is COc1ccc(Cc2nn(-c3ccccc3)c(N=[N+]=[N-])c2C=O)cc1. The van der Waals surface area contributed by atoms with Crippen molar-refractivity contribution in [2.45, 2.75) is 6.42 Å². The van der Waals surface area contributed by atoms with Crippen LogP contribution >= 0.6 is 0 Å². The number of aldehydes is 1. The summed E-state index contributed by atoms with van der Waals surface area (Å²) in [7, 11) is 1.60. The van der Waals surface area contributed by atoms with Gasteiger partial charge in [-0.25, -0.2) is 4.68 Å². The highest BCUT2D eigenvalue weighted by Crippen LogP contribution is 2.27. The van der Waals surface area contributed by atoms with E-state index in [1.807, 2.05) is 54.6 Å². The number of nitrogens with zero attached hydrogens (tertiary/aromatic N) is 5. The van der Waals surface area contributed by atoms with Crippen molar-refractivity contribution in [2.75, 3.05) is 7.11 Å². The lowest BCUT2D eigenvalue weighted by molar-refractivity contribution is 0.112. The Labute approximate surface area is 144 Å². The summed E-state index contributed by atoms with van der Waals surface area (Å²) in [5.74, 6) is 0.941. The zero-order chi connectivity index (χ0) is 17.6. The van der Waals surface area contributed by atoms with Gasteiger partial charge in [0.2, 0.25) is 0 Å². The van der Waals surface area contributed by atoms with Crippen LogP contribution in [0.4, 0.5) is 5.82 Å². The number of aromatic nitrogens is 2. The highest BCUT2D eigenvalue weighted by atomic mass is 16.5. The first-order valence-corrected chi connectivity index (χ1v) is 7.57. The van der Waals surface area contributed by atoms with E-state index in [0.29, 0.717) is 24.1 Å². The Balaban J connectivity index is 2.06. The maximum absolute atomic E-state index is 11.6. The number of methoxy groups -OCH3 is 1. The quantitative estimate of drug-likeness (QED) is 0.292. The summed E-state index contributed by atoms with van der Waals surface area (Å²) in [5.41, 5.74) is 11.4. The lowest BCUT2D eigenvalue weighted by Gasteiger charge is -2.03. The molecule has 3 aromatic rings. The molecule has 0 N–H and O–H groups in total. The summed E-state index contributed by atoms with van der Waals surface area (Å²) in [5, 5.41) is 8.17. The summed E-state index contributed by atoms with van der Waals surface area (Å²) in [6.45, 7) is 0. The number of carbonyl (C=O) groups excluding carboxylic acids is 1. The summed E-state index contributed by atoms with van der Waals surface area (Å²) in [4.78, 5) is 14.4. The molecule has 25 heavy (non-hydrogen) atoms. The summed E-state index contributed by atoms with van der Waals surface area (Å²) >= 11 is 0. The van der Waals surface area contributed by atoms with Crippen molar-refractivity contribution >= 4 is 12.1 Å². The number of rotatable bonds is 6. The number of benzene rings is 2. The Bertz CT molecular complexity index is 926. The third-order valence-electron chi connectivity index (χ3n) is 3.76. The van der Waals surface area contributed by atoms with E-state index in [4.69, 9.17) is 10.3 Å². The Hall–Kier alpha value is -3.57. The highest BCUT2D eigenvalue weighted by Gasteiger charge is 2.17. The van der Waals surface area contributed by atoms with Gasteiger partial charge in [0, 0.05) is 11.3 Å². The fourth-order valence-electron chi connectivity index (χ4n) is 2.54. The first-order chi connectivity index (χ1) is 12.3. The van der Waals surface area contributed by atoms with E-state index >= 15 is 0 Å². The van der Waals surface area contributed by atoms with Crippen LogP contribution in [-0.4, -0.2) is 23.2 Å².